The van der Waals surface area contributed by atoms with Gasteiger partial charge in [-0.3, -0.25) is 0 Å². The lowest BCUT2D eigenvalue weighted by Gasteiger charge is -2.38. The number of benzene rings is 6. The van der Waals surface area contributed by atoms with E-state index in [0.29, 0.717) is 11.5 Å². The van der Waals surface area contributed by atoms with Crippen LogP contribution in [-0.2, 0) is 5.60 Å². The lowest BCUT2D eigenvalue weighted by Crippen LogP contribution is -2.33. The SMILES string of the molecule is OC1(c2ccc(-c3ccccc3)cc2)c2c(ccc3ccc(Br)cc23)Oc2ccc3ccc(Br)cc3c21. The molecule has 0 bridgehead atoms. The minimum atomic E-state index is -1.45. The summed E-state index contributed by atoms with van der Waals surface area (Å²) >= 11 is 7.28. The van der Waals surface area contributed by atoms with Gasteiger partial charge in [0.05, 0.1) is 0 Å². The van der Waals surface area contributed by atoms with Crippen molar-refractivity contribution >= 4 is 53.4 Å². The zero-order valence-electron chi connectivity index (χ0n) is 19.6. The summed E-state index contributed by atoms with van der Waals surface area (Å²) in [6, 6.07) is 38.8. The van der Waals surface area contributed by atoms with Crippen molar-refractivity contribution in [2.24, 2.45) is 0 Å². The van der Waals surface area contributed by atoms with Crippen LogP contribution in [0.4, 0.5) is 0 Å². The van der Waals surface area contributed by atoms with E-state index in [4.69, 9.17) is 4.74 Å². The third-order valence-electron chi connectivity index (χ3n) is 7.24. The Hall–Kier alpha value is -3.44. The summed E-state index contributed by atoms with van der Waals surface area (Å²) in [7, 11) is 0. The highest BCUT2D eigenvalue weighted by Crippen LogP contribution is 2.55. The van der Waals surface area contributed by atoms with Crippen molar-refractivity contribution in [1.82, 2.24) is 0 Å². The van der Waals surface area contributed by atoms with Crippen molar-refractivity contribution in [1.29, 1.82) is 0 Å². The molecule has 1 aliphatic rings. The Bertz CT molecular complexity index is 1740. The molecule has 1 N–H and O–H groups in total. The summed E-state index contributed by atoms with van der Waals surface area (Å²) < 4.78 is 8.38. The molecular weight excluding hydrogens is 588 g/mol. The quantitative estimate of drug-likeness (QED) is 0.212. The molecule has 7 rings (SSSR count). The van der Waals surface area contributed by atoms with Crippen LogP contribution in [-0.4, -0.2) is 5.11 Å². The van der Waals surface area contributed by atoms with Crippen LogP contribution in [0.2, 0.25) is 0 Å². The van der Waals surface area contributed by atoms with Crippen LogP contribution in [0.15, 0.2) is 124 Å². The first-order chi connectivity index (χ1) is 18.0. The van der Waals surface area contributed by atoms with E-state index in [-0.39, 0.29) is 0 Å². The Morgan fingerprint density at radius 3 is 1.57 bits per heavy atom. The van der Waals surface area contributed by atoms with Crippen LogP contribution >= 0.6 is 31.9 Å². The van der Waals surface area contributed by atoms with E-state index < -0.39 is 5.60 Å². The van der Waals surface area contributed by atoms with Crippen molar-refractivity contribution in [3.8, 4) is 22.6 Å². The second kappa shape index (κ2) is 8.56. The maximum Gasteiger partial charge on any atom is 0.148 e. The smallest absolute Gasteiger partial charge is 0.148 e. The lowest BCUT2D eigenvalue weighted by molar-refractivity contribution is 0.116. The molecule has 0 radical (unpaired) electrons. The molecule has 0 unspecified atom stereocenters. The Morgan fingerprint density at radius 1 is 0.541 bits per heavy atom. The molecule has 0 fully saturated rings. The minimum Gasteiger partial charge on any atom is -0.456 e. The van der Waals surface area contributed by atoms with Gasteiger partial charge in [-0.2, -0.15) is 0 Å². The maximum absolute atomic E-state index is 13.1. The van der Waals surface area contributed by atoms with Gasteiger partial charge in [0.1, 0.15) is 17.1 Å². The summed E-state index contributed by atoms with van der Waals surface area (Å²) in [6.07, 6.45) is 0. The molecule has 6 aromatic carbocycles. The standard InChI is InChI=1S/C33H20Br2O2/c34-25-14-8-22-10-16-29-31(27(22)18-25)33(36,24-12-6-21(7-13-24)20-4-2-1-3-5-20)32-28-19-26(35)15-9-23(28)11-17-30(32)37-29/h1-19,36H. The molecule has 0 aliphatic carbocycles. The van der Waals surface area contributed by atoms with Gasteiger partial charge in [0.25, 0.3) is 0 Å². The Morgan fingerprint density at radius 2 is 1.03 bits per heavy atom. The molecule has 1 heterocycles. The summed E-state index contributed by atoms with van der Waals surface area (Å²) in [6.45, 7) is 0. The maximum atomic E-state index is 13.1. The molecule has 6 aromatic rings. The van der Waals surface area contributed by atoms with E-state index in [1.165, 1.54) is 0 Å². The van der Waals surface area contributed by atoms with Crippen LogP contribution in [0.25, 0.3) is 32.7 Å². The molecule has 2 nitrogen and oxygen atoms in total. The van der Waals surface area contributed by atoms with Gasteiger partial charge in [0.15, 0.2) is 0 Å². The third kappa shape index (κ3) is 3.55. The summed E-state index contributed by atoms with van der Waals surface area (Å²) in [5.74, 6) is 1.31. The number of hydrogen-bond acceptors (Lipinski definition) is 2. The Labute approximate surface area is 231 Å². The average Bonchev–Trinajstić information content (AvgIpc) is 2.93. The van der Waals surface area contributed by atoms with Crippen molar-refractivity contribution < 1.29 is 9.84 Å². The first-order valence-corrected chi connectivity index (χ1v) is 13.6. The predicted molar refractivity (Wildman–Crippen MR) is 157 cm³/mol. The van der Waals surface area contributed by atoms with Crippen molar-refractivity contribution in [2.45, 2.75) is 5.60 Å². The Balaban J connectivity index is 1.57. The van der Waals surface area contributed by atoms with Crippen LogP contribution in [0, 0.1) is 0 Å². The van der Waals surface area contributed by atoms with Gasteiger partial charge in [0.2, 0.25) is 0 Å². The van der Waals surface area contributed by atoms with Gasteiger partial charge in [-0.25, -0.2) is 0 Å². The predicted octanol–water partition coefficient (Wildman–Crippen LogP) is 9.57. The zero-order valence-corrected chi connectivity index (χ0v) is 22.8. The van der Waals surface area contributed by atoms with E-state index in [0.717, 1.165) is 58.3 Å². The first-order valence-electron chi connectivity index (χ1n) is 12.0. The fourth-order valence-corrected chi connectivity index (χ4v) is 6.25. The molecule has 0 saturated carbocycles. The highest BCUT2D eigenvalue weighted by molar-refractivity contribution is 9.10. The average molecular weight is 608 g/mol. The molecule has 0 saturated heterocycles. The van der Waals surface area contributed by atoms with Crippen LogP contribution in [0.1, 0.15) is 16.7 Å². The first kappa shape index (κ1) is 22.7. The molecule has 0 amide bonds. The third-order valence-corrected chi connectivity index (χ3v) is 8.23. The second-order valence-corrected chi connectivity index (χ2v) is 11.2. The number of fused-ring (bicyclic) bond motifs is 6. The summed E-state index contributed by atoms with van der Waals surface area (Å²) in [4.78, 5) is 0. The highest BCUT2D eigenvalue weighted by Gasteiger charge is 2.44. The van der Waals surface area contributed by atoms with Gasteiger partial charge in [0, 0.05) is 20.1 Å². The van der Waals surface area contributed by atoms with E-state index in [9.17, 15) is 5.11 Å². The molecule has 4 heteroatoms. The van der Waals surface area contributed by atoms with E-state index in [2.05, 4.69) is 80.4 Å². The molecule has 37 heavy (non-hydrogen) atoms. The molecule has 0 spiro atoms. The number of hydrogen-bond donors (Lipinski definition) is 1. The fraction of sp³-hybridized carbons (Fsp3) is 0.0303. The minimum absolute atomic E-state index is 0.655. The van der Waals surface area contributed by atoms with E-state index in [1.54, 1.807) is 0 Å². The topological polar surface area (TPSA) is 29.5 Å². The highest BCUT2D eigenvalue weighted by atomic mass is 79.9. The number of rotatable bonds is 2. The monoisotopic (exact) mass is 606 g/mol. The second-order valence-electron chi connectivity index (χ2n) is 9.36. The molecule has 0 aromatic heterocycles. The molecular formula is C33H20Br2O2. The lowest BCUT2D eigenvalue weighted by atomic mass is 9.74. The van der Waals surface area contributed by atoms with Gasteiger partial charge in [-0.15, -0.1) is 0 Å². The normalized spacial score (nSPS) is 13.7. The van der Waals surface area contributed by atoms with Gasteiger partial charge < -0.3 is 9.84 Å². The van der Waals surface area contributed by atoms with Crippen LogP contribution in [0.3, 0.4) is 0 Å². The Kier molecular flexibility index (Phi) is 5.26. The zero-order chi connectivity index (χ0) is 25.1. The van der Waals surface area contributed by atoms with Gasteiger partial charge >= 0.3 is 0 Å². The summed E-state index contributed by atoms with van der Waals surface area (Å²) in [5.41, 5.74) is 3.08. The van der Waals surface area contributed by atoms with Crippen molar-refractivity contribution in [3.05, 3.63) is 141 Å². The summed E-state index contributed by atoms with van der Waals surface area (Å²) in [5, 5.41) is 17.0. The van der Waals surface area contributed by atoms with Crippen molar-refractivity contribution in [3.63, 3.8) is 0 Å². The van der Waals surface area contributed by atoms with Gasteiger partial charge in [-0.1, -0.05) is 111 Å². The largest absolute Gasteiger partial charge is 0.456 e. The van der Waals surface area contributed by atoms with Crippen molar-refractivity contribution in [2.75, 3.05) is 0 Å². The fourth-order valence-electron chi connectivity index (χ4n) is 5.53. The number of aliphatic hydroxyl groups is 1. The number of ether oxygens (including phenoxy) is 1. The van der Waals surface area contributed by atoms with Crippen LogP contribution in [0.5, 0.6) is 11.5 Å². The van der Waals surface area contributed by atoms with Crippen LogP contribution < -0.4 is 4.74 Å². The van der Waals surface area contributed by atoms with E-state index in [1.807, 2.05) is 66.7 Å². The molecule has 178 valence electrons. The molecule has 0 atom stereocenters. The number of halogens is 2. The van der Waals surface area contributed by atoms with E-state index >= 15 is 0 Å². The molecule has 1 aliphatic heterocycles. The van der Waals surface area contributed by atoms with Gasteiger partial charge in [-0.05, 0) is 74.6 Å².